The maximum Gasteiger partial charge on any atom is 0.260 e. The second kappa shape index (κ2) is 11.6. The van der Waals surface area contributed by atoms with Gasteiger partial charge in [0.25, 0.3) is 5.91 Å². The molecule has 1 aliphatic heterocycles. The third-order valence-electron chi connectivity index (χ3n) is 6.57. The zero-order valence-corrected chi connectivity index (χ0v) is 22.0. The van der Waals surface area contributed by atoms with Crippen molar-refractivity contribution in [3.05, 3.63) is 64.8 Å². The molecule has 2 heterocycles. The van der Waals surface area contributed by atoms with Crippen LogP contribution in [-0.2, 0) is 9.59 Å². The Kier molecular flexibility index (Phi) is 8.26. The van der Waals surface area contributed by atoms with E-state index in [1.807, 2.05) is 4.90 Å². The van der Waals surface area contributed by atoms with E-state index in [-0.39, 0.29) is 34.1 Å². The van der Waals surface area contributed by atoms with Crippen molar-refractivity contribution in [1.82, 2.24) is 9.88 Å². The summed E-state index contributed by atoms with van der Waals surface area (Å²) in [6.45, 7) is 5.19. The Hall–Kier alpha value is -3.99. The van der Waals surface area contributed by atoms with E-state index in [0.29, 0.717) is 22.9 Å². The average Bonchev–Trinajstić information content (AvgIpc) is 3.29. The van der Waals surface area contributed by atoms with E-state index < -0.39 is 17.8 Å². The quantitative estimate of drug-likeness (QED) is 0.396. The number of primary amides is 1. The Bertz CT molecular complexity index is 1300. The second-order valence-corrected chi connectivity index (χ2v) is 10.3. The summed E-state index contributed by atoms with van der Waals surface area (Å²) >= 11 is 1.01. The lowest BCUT2D eigenvalue weighted by Gasteiger charge is -2.30. The van der Waals surface area contributed by atoms with E-state index in [1.165, 1.54) is 29.2 Å². The van der Waals surface area contributed by atoms with Crippen LogP contribution < -0.4 is 21.1 Å². The summed E-state index contributed by atoms with van der Waals surface area (Å²) in [7, 11) is 0. The van der Waals surface area contributed by atoms with Crippen molar-refractivity contribution in [2.24, 2.45) is 11.7 Å². The molecule has 1 aliphatic rings. The number of rotatable bonds is 9. The molecule has 1 aromatic heterocycles. The molecule has 2 amide bonds. The first-order valence-corrected chi connectivity index (χ1v) is 13.1. The predicted octanol–water partition coefficient (Wildman–Crippen LogP) is 3.74. The van der Waals surface area contributed by atoms with Gasteiger partial charge in [-0.05, 0) is 74.2 Å². The molecule has 0 aliphatic carbocycles. The SMILES string of the molecule is CC1CCN(C(=O)COc2ccc(C(=O)c3sc(N(c4ccc(F)cc4)[C@H](C)C(N)=O)nc3N)cc2)CC1. The van der Waals surface area contributed by atoms with Crippen LogP contribution in [0.5, 0.6) is 5.75 Å². The molecule has 0 radical (unpaired) electrons. The molecule has 9 nitrogen and oxygen atoms in total. The van der Waals surface area contributed by atoms with Crippen molar-refractivity contribution in [2.45, 2.75) is 32.7 Å². The first-order valence-electron chi connectivity index (χ1n) is 12.3. The number of thiazole rings is 1. The highest BCUT2D eigenvalue weighted by molar-refractivity contribution is 7.18. The van der Waals surface area contributed by atoms with Crippen LogP contribution in [0.3, 0.4) is 0 Å². The smallest absolute Gasteiger partial charge is 0.260 e. The molecule has 1 saturated heterocycles. The van der Waals surface area contributed by atoms with Gasteiger partial charge >= 0.3 is 0 Å². The van der Waals surface area contributed by atoms with Gasteiger partial charge in [-0.25, -0.2) is 9.37 Å². The summed E-state index contributed by atoms with van der Waals surface area (Å²) in [4.78, 5) is 45.4. The molecule has 0 unspecified atom stereocenters. The van der Waals surface area contributed by atoms with Crippen LogP contribution in [0.1, 0.15) is 41.9 Å². The van der Waals surface area contributed by atoms with Crippen molar-refractivity contribution in [2.75, 3.05) is 30.3 Å². The number of ether oxygens (including phenoxy) is 1. The first kappa shape index (κ1) is 27.1. The highest BCUT2D eigenvalue weighted by atomic mass is 32.1. The van der Waals surface area contributed by atoms with Gasteiger partial charge in [0, 0.05) is 24.3 Å². The monoisotopic (exact) mass is 539 g/mol. The zero-order chi connectivity index (χ0) is 27.4. The number of hydrogen-bond donors (Lipinski definition) is 2. The van der Waals surface area contributed by atoms with Gasteiger partial charge in [-0.2, -0.15) is 0 Å². The third-order valence-corrected chi connectivity index (χ3v) is 7.64. The molecule has 3 aromatic rings. The highest BCUT2D eigenvalue weighted by Crippen LogP contribution is 2.36. The van der Waals surface area contributed by atoms with Gasteiger partial charge in [-0.3, -0.25) is 14.4 Å². The molecular weight excluding hydrogens is 509 g/mol. The number of nitrogen functional groups attached to an aromatic ring is 1. The maximum absolute atomic E-state index is 13.5. The number of nitrogens with two attached hydrogens (primary N) is 2. The van der Waals surface area contributed by atoms with Crippen LogP contribution in [0.4, 0.5) is 21.0 Å². The van der Waals surface area contributed by atoms with E-state index in [2.05, 4.69) is 11.9 Å². The van der Waals surface area contributed by atoms with Crippen molar-refractivity contribution in [3.8, 4) is 5.75 Å². The molecular formula is C27H30FN5O4S. The minimum absolute atomic E-state index is 0.000514. The van der Waals surface area contributed by atoms with Crippen LogP contribution in [-0.4, -0.2) is 53.2 Å². The average molecular weight is 540 g/mol. The van der Waals surface area contributed by atoms with E-state index in [4.69, 9.17) is 16.2 Å². The summed E-state index contributed by atoms with van der Waals surface area (Å²) in [5, 5.41) is 0.273. The summed E-state index contributed by atoms with van der Waals surface area (Å²) < 4.78 is 19.1. The molecule has 4 N–H and O–H groups in total. The van der Waals surface area contributed by atoms with Crippen LogP contribution in [0.25, 0.3) is 0 Å². The van der Waals surface area contributed by atoms with Crippen LogP contribution in [0.2, 0.25) is 0 Å². The second-order valence-electron chi connectivity index (χ2n) is 9.34. The Morgan fingerprint density at radius 1 is 1.13 bits per heavy atom. The minimum atomic E-state index is -0.832. The molecule has 1 atom stereocenters. The molecule has 11 heteroatoms. The zero-order valence-electron chi connectivity index (χ0n) is 21.2. The molecule has 38 heavy (non-hydrogen) atoms. The maximum atomic E-state index is 13.5. The number of anilines is 3. The predicted molar refractivity (Wildman–Crippen MR) is 144 cm³/mol. The third kappa shape index (κ3) is 6.10. The lowest BCUT2D eigenvalue weighted by Crippen LogP contribution is -2.40. The van der Waals surface area contributed by atoms with E-state index in [9.17, 15) is 18.8 Å². The van der Waals surface area contributed by atoms with E-state index in [1.54, 1.807) is 31.2 Å². The number of carbonyl (C=O) groups is 3. The Morgan fingerprint density at radius 3 is 2.37 bits per heavy atom. The number of likely N-dealkylation sites (tertiary alicyclic amines) is 1. The molecule has 4 rings (SSSR count). The van der Waals surface area contributed by atoms with Gasteiger partial charge in [0.2, 0.25) is 11.7 Å². The standard InChI is InChI=1S/C27H30FN5O4S/c1-16-11-13-32(14-12-16)22(34)15-37-21-9-3-18(4-10-21)23(35)24-25(29)31-27(38-24)33(17(2)26(30)36)20-7-5-19(28)6-8-20/h3-10,16-17H,11-15,29H2,1-2H3,(H2,30,36)/t17-/m1/s1. The fourth-order valence-electron chi connectivity index (χ4n) is 4.14. The number of hydrogen-bond acceptors (Lipinski definition) is 8. The molecule has 2 aromatic carbocycles. The number of carbonyl (C=O) groups excluding carboxylic acids is 3. The van der Waals surface area contributed by atoms with Gasteiger partial charge in [-0.1, -0.05) is 18.3 Å². The van der Waals surface area contributed by atoms with Crippen LogP contribution >= 0.6 is 11.3 Å². The Morgan fingerprint density at radius 2 is 1.76 bits per heavy atom. The lowest BCUT2D eigenvalue weighted by molar-refractivity contribution is -0.134. The number of aromatic nitrogens is 1. The van der Waals surface area contributed by atoms with Gasteiger partial charge in [0.05, 0.1) is 0 Å². The van der Waals surface area contributed by atoms with Crippen LogP contribution in [0, 0.1) is 11.7 Å². The van der Waals surface area contributed by atoms with Gasteiger partial charge in [0.1, 0.15) is 28.3 Å². The minimum Gasteiger partial charge on any atom is -0.484 e. The molecule has 0 saturated carbocycles. The number of amides is 2. The fourth-order valence-corrected chi connectivity index (χ4v) is 5.19. The largest absolute Gasteiger partial charge is 0.484 e. The van der Waals surface area contributed by atoms with Crippen LogP contribution in [0.15, 0.2) is 48.5 Å². The normalized spacial score (nSPS) is 14.7. The lowest BCUT2D eigenvalue weighted by atomic mass is 9.99. The summed E-state index contributed by atoms with van der Waals surface area (Å²) in [6.07, 6.45) is 1.99. The van der Waals surface area contributed by atoms with Gasteiger partial charge in [0.15, 0.2) is 11.7 Å². The Labute approximate surface area is 224 Å². The molecule has 200 valence electrons. The summed E-state index contributed by atoms with van der Waals surface area (Å²) in [5.41, 5.74) is 12.5. The number of halogens is 1. The first-order chi connectivity index (χ1) is 18.1. The van der Waals surface area contributed by atoms with Crippen molar-refractivity contribution < 1.29 is 23.5 Å². The van der Waals surface area contributed by atoms with Crippen molar-refractivity contribution in [3.63, 3.8) is 0 Å². The van der Waals surface area contributed by atoms with Gasteiger partial charge in [-0.15, -0.1) is 0 Å². The number of benzene rings is 2. The summed E-state index contributed by atoms with van der Waals surface area (Å²) in [6, 6.07) is 11.1. The number of piperidine rings is 1. The van der Waals surface area contributed by atoms with Gasteiger partial charge < -0.3 is 26.0 Å². The molecule has 1 fully saturated rings. The summed E-state index contributed by atoms with van der Waals surface area (Å²) in [5.74, 6) is -0.379. The van der Waals surface area contributed by atoms with E-state index in [0.717, 1.165) is 37.3 Å². The van der Waals surface area contributed by atoms with E-state index >= 15 is 0 Å². The highest BCUT2D eigenvalue weighted by Gasteiger charge is 2.27. The Balaban J connectivity index is 1.47. The fraction of sp³-hybridized carbons (Fsp3) is 0.333. The number of nitrogens with zero attached hydrogens (tertiary/aromatic N) is 3. The molecule has 0 spiro atoms. The number of ketones is 1. The topological polar surface area (TPSA) is 132 Å². The van der Waals surface area contributed by atoms with Crippen molar-refractivity contribution >= 4 is 45.6 Å². The van der Waals surface area contributed by atoms with Crippen molar-refractivity contribution in [1.29, 1.82) is 0 Å². The molecule has 0 bridgehead atoms.